The van der Waals surface area contributed by atoms with E-state index in [1.807, 2.05) is 0 Å². The lowest BCUT2D eigenvalue weighted by atomic mass is 9.96. The van der Waals surface area contributed by atoms with Crippen molar-refractivity contribution in [2.45, 2.75) is 44.1 Å². The number of nitrogens with zero attached hydrogens (tertiary/aromatic N) is 1. The van der Waals surface area contributed by atoms with Crippen molar-refractivity contribution in [1.82, 2.24) is 5.43 Å². The molecule has 0 radical (unpaired) electrons. The summed E-state index contributed by atoms with van der Waals surface area (Å²) in [6.45, 7) is 0. The van der Waals surface area contributed by atoms with Gasteiger partial charge in [0, 0.05) is 17.0 Å². The number of aliphatic hydroxyl groups is 1. The molecular formula is C15H18Cl2N2O2. The van der Waals surface area contributed by atoms with Gasteiger partial charge in [-0.05, 0) is 31.4 Å². The van der Waals surface area contributed by atoms with Crippen LogP contribution in [0.15, 0.2) is 23.3 Å². The van der Waals surface area contributed by atoms with E-state index in [-0.39, 0.29) is 12.3 Å². The van der Waals surface area contributed by atoms with Gasteiger partial charge in [-0.25, -0.2) is 5.43 Å². The van der Waals surface area contributed by atoms with Crippen LogP contribution in [0.25, 0.3) is 0 Å². The van der Waals surface area contributed by atoms with Crippen molar-refractivity contribution in [2.75, 3.05) is 0 Å². The molecule has 0 unspecified atom stereocenters. The normalized spacial score (nSPS) is 17.3. The molecule has 6 heteroatoms. The number of halogens is 2. The number of carbonyl (C=O) groups excluding carboxylic acids is 1. The van der Waals surface area contributed by atoms with Gasteiger partial charge in [-0.2, -0.15) is 5.10 Å². The standard InChI is InChI=1S/C15H18Cl2N2O2/c16-12-4-3-11(13(17)9-12)10-18-19-14(20)5-8-15(21)6-1-2-7-15/h3-4,9-10,21H,1-2,5-8H2,(H,19,20)/b18-10-. The van der Waals surface area contributed by atoms with Crippen molar-refractivity contribution in [2.24, 2.45) is 5.10 Å². The maximum Gasteiger partial charge on any atom is 0.240 e. The highest BCUT2D eigenvalue weighted by Crippen LogP contribution is 2.33. The fourth-order valence-corrected chi connectivity index (χ4v) is 2.92. The predicted molar refractivity (Wildman–Crippen MR) is 84.9 cm³/mol. The van der Waals surface area contributed by atoms with Crippen LogP contribution in [0.4, 0.5) is 0 Å². The summed E-state index contributed by atoms with van der Waals surface area (Å²) in [6, 6.07) is 5.04. The largest absolute Gasteiger partial charge is 0.390 e. The average Bonchev–Trinajstić information content (AvgIpc) is 2.86. The first kappa shape index (κ1) is 16.3. The number of rotatable bonds is 5. The highest BCUT2D eigenvalue weighted by atomic mass is 35.5. The molecule has 0 saturated heterocycles. The average molecular weight is 329 g/mol. The van der Waals surface area contributed by atoms with Crippen LogP contribution in [0.3, 0.4) is 0 Å². The Bertz CT molecular complexity index is 540. The molecule has 1 amide bonds. The number of hydrogen-bond donors (Lipinski definition) is 2. The van der Waals surface area contributed by atoms with Gasteiger partial charge in [-0.3, -0.25) is 4.79 Å². The van der Waals surface area contributed by atoms with E-state index >= 15 is 0 Å². The third-order valence-electron chi connectivity index (χ3n) is 3.71. The van der Waals surface area contributed by atoms with Crippen LogP contribution in [-0.2, 0) is 4.79 Å². The molecule has 0 bridgehead atoms. The van der Waals surface area contributed by atoms with E-state index in [2.05, 4.69) is 10.5 Å². The van der Waals surface area contributed by atoms with Crippen LogP contribution in [0.5, 0.6) is 0 Å². The smallest absolute Gasteiger partial charge is 0.240 e. The van der Waals surface area contributed by atoms with Crippen LogP contribution in [0.2, 0.25) is 10.0 Å². The molecule has 4 nitrogen and oxygen atoms in total. The van der Waals surface area contributed by atoms with E-state index < -0.39 is 5.60 Å². The third-order valence-corrected chi connectivity index (χ3v) is 4.27. The molecule has 1 aliphatic rings. The molecule has 0 spiro atoms. The molecule has 1 fully saturated rings. The number of amides is 1. The Kier molecular flexibility index (Phi) is 5.62. The molecule has 0 aromatic heterocycles. The summed E-state index contributed by atoms with van der Waals surface area (Å²) in [5.41, 5.74) is 2.45. The van der Waals surface area contributed by atoms with Crippen LogP contribution >= 0.6 is 23.2 Å². The predicted octanol–water partition coefficient (Wildman–Crippen LogP) is 3.53. The lowest BCUT2D eigenvalue weighted by molar-refractivity contribution is -0.122. The van der Waals surface area contributed by atoms with Gasteiger partial charge in [0.2, 0.25) is 5.91 Å². The van der Waals surface area contributed by atoms with Gasteiger partial charge in [0.25, 0.3) is 0 Å². The Balaban J connectivity index is 1.79. The molecule has 21 heavy (non-hydrogen) atoms. The SMILES string of the molecule is O=C(CCC1(O)CCCC1)N/N=C\c1ccc(Cl)cc1Cl. The van der Waals surface area contributed by atoms with Gasteiger partial charge in [0.05, 0.1) is 16.8 Å². The van der Waals surface area contributed by atoms with Crippen LogP contribution in [-0.4, -0.2) is 22.8 Å². The molecule has 114 valence electrons. The lowest BCUT2D eigenvalue weighted by Gasteiger charge is -2.20. The van der Waals surface area contributed by atoms with Crippen LogP contribution in [0.1, 0.15) is 44.1 Å². The number of benzene rings is 1. The Hall–Kier alpha value is -1.10. The second kappa shape index (κ2) is 7.25. The fourth-order valence-electron chi connectivity index (χ4n) is 2.47. The molecule has 1 aromatic rings. The quantitative estimate of drug-likeness (QED) is 0.641. The van der Waals surface area contributed by atoms with Crippen molar-refractivity contribution < 1.29 is 9.90 Å². The number of hydrazone groups is 1. The summed E-state index contributed by atoms with van der Waals surface area (Å²) in [7, 11) is 0. The van der Waals surface area contributed by atoms with Gasteiger partial charge in [-0.15, -0.1) is 0 Å². The minimum absolute atomic E-state index is 0.211. The van der Waals surface area contributed by atoms with E-state index in [1.54, 1.807) is 18.2 Å². The molecular weight excluding hydrogens is 311 g/mol. The second-order valence-corrected chi connectivity index (χ2v) is 6.23. The zero-order valence-corrected chi connectivity index (χ0v) is 13.1. The molecule has 0 heterocycles. The number of carbonyl (C=O) groups is 1. The summed E-state index contributed by atoms with van der Waals surface area (Å²) >= 11 is 11.8. The Labute approximate surface area is 134 Å². The van der Waals surface area contributed by atoms with E-state index in [0.717, 1.165) is 25.7 Å². The van der Waals surface area contributed by atoms with Crippen LogP contribution < -0.4 is 5.43 Å². The zero-order chi connectivity index (χ0) is 15.3. The topological polar surface area (TPSA) is 61.7 Å². The van der Waals surface area contributed by atoms with Gasteiger partial charge < -0.3 is 5.11 Å². The zero-order valence-electron chi connectivity index (χ0n) is 11.6. The lowest BCUT2D eigenvalue weighted by Crippen LogP contribution is -2.27. The van der Waals surface area contributed by atoms with Crippen molar-refractivity contribution in [3.63, 3.8) is 0 Å². The highest BCUT2D eigenvalue weighted by molar-refractivity contribution is 6.36. The maximum absolute atomic E-state index is 11.7. The van der Waals surface area contributed by atoms with E-state index in [0.29, 0.717) is 22.0 Å². The fraction of sp³-hybridized carbons (Fsp3) is 0.467. The van der Waals surface area contributed by atoms with Crippen molar-refractivity contribution in [3.05, 3.63) is 33.8 Å². The van der Waals surface area contributed by atoms with E-state index in [9.17, 15) is 9.90 Å². The monoisotopic (exact) mass is 328 g/mol. The van der Waals surface area contributed by atoms with Crippen molar-refractivity contribution in [3.8, 4) is 0 Å². The Morgan fingerprint density at radius 3 is 2.76 bits per heavy atom. The number of hydrogen-bond acceptors (Lipinski definition) is 3. The minimum Gasteiger partial charge on any atom is -0.390 e. The summed E-state index contributed by atoms with van der Waals surface area (Å²) in [5, 5.41) is 15.0. The van der Waals surface area contributed by atoms with Gasteiger partial charge >= 0.3 is 0 Å². The van der Waals surface area contributed by atoms with Crippen molar-refractivity contribution >= 4 is 35.3 Å². The molecule has 1 saturated carbocycles. The third kappa shape index (κ3) is 4.99. The second-order valence-electron chi connectivity index (χ2n) is 5.39. The molecule has 0 aliphatic heterocycles. The Morgan fingerprint density at radius 2 is 2.10 bits per heavy atom. The summed E-state index contributed by atoms with van der Waals surface area (Å²) < 4.78 is 0. The number of nitrogens with one attached hydrogen (secondary N) is 1. The summed E-state index contributed by atoms with van der Waals surface area (Å²) in [4.78, 5) is 11.7. The molecule has 0 atom stereocenters. The summed E-state index contributed by atoms with van der Waals surface area (Å²) in [6.07, 6.45) is 5.85. The first-order chi connectivity index (χ1) is 9.98. The minimum atomic E-state index is -0.666. The first-order valence-electron chi connectivity index (χ1n) is 6.98. The van der Waals surface area contributed by atoms with E-state index in [4.69, 9.17) is 23.2 Å². The first-order valence-corrected chi connectivity index (χ1v) is 7.73. The molecule has 1 aliphatic carbocycles. The molecule has 1 aromatic carbocycles. The summed E-state index contributed by atoms with van der Waals surface area (Å²) in [5.74, 6) is -0.211. The van der Waals surface area contributed by atoms with Crippen molar-refractivity contribution in [1.29, 1.82) is 0 Å². The van der Waals surface area contributed by atoms with E-state index in [1.165, 1.54) is 6.21 Å². The van der Waals surface area contributed by atoms with Gasteiger partial charge in [0.1, 0.15) is 0 Å². The van der Waals surface area contributed by atoms with Gasteiger partial charge in [0.15, 0.2) is 0 Å². The Morgan fingerprint density at radius 1 is 1.38 bits per heavy atom. The van der Waals surface area contributed by atoms with Crippen LogP contribution in [0, 0.1) is 0 Å². The maximum atomic E-state index is 11.7. The van der Waals surface area contributed by atoms with Gasteiger partial charge in [-0.1, -0.05) is 42.1 Å². The molecule has 2 N–H and O–H groups in total. The molecule has 2 rings (SSSR count). The highest BCUT2D eigenvalue weighted by Gasteiger charge is 2.31.